The first kappa shape index (κ1) is 7.03. The lowest BCUT2D eigenvalue weighted by molar-refractivity contribution is 0.303. The van der Waals surface area contributed by atoms with Gasteiger partial charge in [0.25, 0.3) is 0 Å². The van der Waals surface area contributed by atoms with E-state index < -0.39 is 0 Å². The summed E-state index contributed by atoms with van der Waals surface area (Å²) in [5.41, 5.74) is 2.33. The van der Waals surface area contributed by atoms with Crippen molar-refractivity contribution in [2.24, 2.45) is 4.99 Å². The standard InChI is InChI=1S/C9H6NO2/c11-4-7-1-2-9-8(3-7)5-12-6-10-9/h1-3,6H,5H2. The summed E-state index contributed by atoms with van der Waals surface area (Å²) in [6.45, 7) is 0.481. The van der Waals surface area contributed by atoms with Crippen LogP contribution in [0.4, 0.5) is 5.69 Å². The molecule has 1 aromatic rings. The maximum absolute atomic E-state index is 10.3. The molecule has 0 bridgehead atoms. The number of rotatable bonds is 1. The van der Waals surface area contributed by atoms with Gasteiger partial charge in [0.05, 0.1) is 5.69 Å². The van der Waals surface area contributed by atoms with E-state index in [4.69, 9.17) is 4.74 Å². The molecule has 2 rings (SSSR count). The summed E-state index contributed by atoms with van der Waals surface area (Å²) in [7, 11) is 0. The lowest BCUT2D eigenvalue weighted by atomic mass is 10.1. The molecule has 0 aromatic heterocycles. The summed E-state index contributed by atoms with van der Waals surface area (Å²) >= 11 is 0. The summed E-state index contributed by atoms with van der Waals surface area (Å²) in [6.07, 6.45) is 3.23. The van der Waals surface area contributed by atoms with E-state index in [1.54, 1.807) is 18.2 Å². The first-order valence-corrected chi connectivity index (χ1v) is 3.55. The Labute approximate surface area is 69.7 Å². The zero-order valence-electron chi connectivity index (χ0n) is 6.28. The van der Waals surface area contributed by atoms with Gasteiger partial charge in [0.2, 0.25) is 6.29 Å². The minimum absolute atomic E-state index is 0.481. The predicted molar refractivity (Wildman–Crippen MR) is 44.2 cm³/mol. The van der Waals surface area contributed by atoms with Gasteiger partial charge in [-0.1, -0.05) is 0 Å². The van der Waals surface area contributed by atoms with Crippen molar-refractivity contribution in [3.63, 3.8) is 0 Å². The molecule has 1 aliphatic heterocycles. The van der Waals surface area contributed by atoms with Gasteiger partial charge in [-0.3, -0.25) is 4.79 Å². The van der Waals surface area contributed by atoms with Crippen LogP contribution in [0.3, 0.4) is 0 Å². The number of benzene rings is 1. The van der Waals surface area contributed by atoms with Crippen molar-refractivity contribution in [2.75, 3.05) is 0 Å². The minimum atomic E-state index is 0.481. The van der Waals surface area contributed by atoms with E-state index >= 15 is 0 Å². The van der Waals surface area contributed by atoms with E-state index in [0.717, 1.165) is 11.3 Å². The molecular formula is C9H6NO2. The van der Waals surface area contributed by atoms with Crippen LogP contribution in [0.15, 0.2) is 23.2 Å². The maximum Gasteiger partial charge on any atom is 0.233 e. The van der Waals surface area contributed by atoms with Gasteiger partial charge in [0, 0.05) is 11.1 Å². The third-order valence-corrected chi connectivity index (χ3v) is 1.70. The van der Waals surface area contributed by atoms with E-state index in [2.05, 4.69) is 4.99 Å². The van der Waals surface area contributed by atoms with Crippen LogP contribution in [0.5, 0.6) is 0 Å². The van der Waals surface area contributed by atoms with Gasteiger partial charge in [-0.05, 0) is 18.2 Å². The molecule has 1 heterocycles. The van der Waals surface area contributed by atoms with Crippen LogP contribution < -0.4 is 0 Å². The molecule has 3 nitrogen and oxygen atoms in total. The topological polar surface area (TPSA) is 38.7 Å². The van der Waals surface area contributed by atoms with Crippen molar-refractivity contribution < 1.29 is 9.53 Å². The van der Waals surface area contributed by atoms with E-state index in [0.29, 0.717) is 12.2 Å². The van der Waals surface area contributed by atoms with Gasteiger partial charge in [-0.15, -0.1) is 0 Å². The molecule has 0 spiro atoms. The Balaban J connectivity index is 2.50. The number of carbonyl (C=O) groups excluding carboxylic acids is 1. The van der Waals surface area contributed by atoms with Gasteiger partial charge in [-0.2, -0.15) is 0 Å². The molecule has 1 radical (unpaired) electrons. The van der Waals surface area contributed by atoms with Crippen molar-refractivity contribution in [2.45, 2.75) is 6.61 Å². The number of hydrogen-bond acceptors (Lipinski definition) is 3. The van der Waals surface area contributed by atoms with Crippen LogP contribution in [-0.2, 0) is 16.1 Å². The van der Waals surface area contributed by atoms with Crippen LogP contribution in [0.2, 0.25) is 0 Å². The monoisotopic (exact) mass is 160 g/mol. The zero-order chi connectivity index (χ0) is 8.39. The Morgan fingerprint density at radius 3 is 3.25 bits per heavy atom. The van der Waals surface area contributed by atoms with Gasteiger partial charge < -0.3 is 4.74 Å². The second-order valence-corrected chi connectivity index (χ2v) is 2.49. The smallest absolute Gasteiger partial charge is 0.233 e. The van der Waals surface area contributed by atoms with Gasteiger partial charge >= 0.3 is 0 Å². The first-order valence-electron chi connectivity index (χ1n) is 3.55. The van der Waals surface area contributed by atoms with E-state index in [1.165, 1.54) is 6.40 Å². The molecular weight excluding hydrogens is 154 g/mol. The highest BCUT2D eigenvalue weighted by Crippen LogP contribution is 2.23. The minimum Gasteiger partial charge on any atom is -0.478 e. The average molecular weight is 160 g/mol. The molecule has 0 atom stereocenters. The molecule has 0 saturated carbocycles. The molecule has 0 amide bonds. The van der Waals surface area contributed by atoms with Crippen molar-refractivity contribution in [3.05, 3.63) is 29.3 Å². The Morgan fingerprint density at radius 2 is 2.42 bits per heavy atom. The molecule has 1 aliphatic rings. The van der Waals surface area contributed by atoms with Crippen LogP contribution in [0, 0.1) is 0 Å². The molecule has 1 aromatic carbocycles. The summed E-state index contributed by atoms with van der Waals surface area (Å²) in [4.78, 5) is 14.3. The fraction of sp³-hybridized carbons (Fsp3) is 0.111. The number of nitrogens with zero attached hydrogens (tertiary/aromatic N) is 1. The number of fused-ring (bicyclic) bond motifs is 1. The molecule has 12 heavy (non-hydrogen) atoms. The normalized spacial score (nSPS) is 13.3. The molecule has 0 saturated heterocycles. The number of ether oxygens (including phenoxy) is 1. The fourth-order valence-electron chi connectivity index (χ4n) is 1.11. The second-order valence-electron chi connectivity index (χ2n) is 2.49. The predicted octanol–water partition coefficient (Wildman–Crippen LogP) is 1.33. The molecule has 0 N–H and O–H groups in total. The van der Waals surface area contributed by atoms with E-state index in [1.807, 2.05) is 6.29 Å². The summed E-state index contributed by atoms with van der Waals surface area (Å²) < 4.78 is 4.97. The second kappa shape index (κ2) is 2.77. The van der Waals surface area contributed by atoms with Crippen LogP contribution >= 0.6 is 0 Å². The van der Waals surface area contributed by atoms with Crippen molar-refractivity contribution in [1.29, 1.82) is 0 Å². The third kappa shape index (κ3) is 1.09. The van der Waals surface area contributed by atoms with Gasteiger partial charge in [0.15, 0.2) is 6.40 Å². The van der Waals surface area contributed by atoms with E-state index in [9.17, 15) is 4.79 Å². The van der Waals surface area contributed by atoms with Gasteiger partial charge in [0.1, 0.15) is 6.61 Å². The van der Waals surface area contributed by atoms with Crippen LogP contribution in [-0.4, -0.2) is 12.7 Å². The largest absolute Gasteiger partial charge is 0.478 e. The Bertz CT molecular complexity index is 344. The van der Waals surface area contributed by atoms with Crippen LogP contribution in [0.25, 0.3) is 0 Å². The molecule has 0 aliphatic carbocycles. The van der Waals surface area contributed by atoms with E-state index in [-0.39, 0.29) is 0 Å². The average Bonchev–Trinajstić information content (AvgIpc) is 2.17. The SMILES string of the molecule is O=[C]c1ccc2c(c1)COC=N2. The lowest BCUT2D eigenvalue weighted by Gasteiger charge is -2.09. The lowest BCUT2D eigenvalue weighted by Crippen LogP contribution is -1.97. The molecule has 0 fully saturated rings. The first-order chi connectivity index (χ1) is 5.90. The Kier molecular flexibility index (Phi) is 1.63. The number of hydrogen-bond donors (Lipinski definition) is 0. The maximum atomic E-state index is 10.3. The van der Waals surface area contributed by atoms with Crippen molar-refractivity contribution in [3.8, 4) is 0 Å². The Hall–Kier alpha value is -1.64. The van der Waals surface area contributed by atoms with Crippen molar-refractivity contribution in [1.82, 2.24) is 0 Å². The molecule has 0 unspecified atom stereocenters. The zero-order valence-corrected chi connectivity index (χ0v) is 6.28. The summed E-state index contributed by atoms with van der Waals surface area (Å²) in [6, 6.07) is 5.21. The molecule has 59 valence electrons. The highest BCUT2D eigenvalue weighted by molar-refractivity contribution is 5.77. The summed E-state index contributed by atoms with van der Waals surface area (Å²) in [5.74, 6) is 0. The number of aliphatic imine (C=N–C) groups is 1. The van der Waals surface area contributed by atoms with Gasteiger partial charge in [-0.25, -0.2) is 4.99 Å². The third-order valence-electron chi connectivity index (χ3n) is 1.70. The van der Waals surface area contributed by atoms with Crippen molar-refractivity contribution >= 4 is 18.4 Å². The van der Waals surface area contributed by atoms with Crippen LogP contribution in [0.1, 0.15) is 11.1 Å². The fourth-order valence-corrected chi connectivity index (χ4v) is 1.11. The highest BCUT2D eigenvalue weighted by atomic mass is 16.5. The molecule has 3 heteroatoms. The highest BCUT2D eigenvalue weighted by Gasteiger charge is 2.06. The summed E-state index contributed by atoms with van der Waals surface area (Å²) in [5, 5.41) is 0. The Morgan fingerprint density at radius 1 is 1.50 bits per heavy atom. The quantitative estimate of drug-likeness (QED) is 0.621.